The Hall–Kier alpha value is -0.410. The van der Waals surface area contributed by atoms with Gasteiger partial charge in [-0.3, -0.25) is 0 Å². The third kappa shape index (κ3) is 2.01. The molecule has 0 saturated heterocycles. The van der Waals surface area contributed by atoms with E-state index in [1.165, 1.54) is 42.8 Å². The summed E-state index contributed by atoms with van der Waals surface area (Å²) in [6.07, 6.45) is 7.61. The van der Waals surface area contributed by atoms with Crippen molar-refractivity contribution in [1.82, 2.24) is 10.3 Å². The molecule has 0 radical (unpaired) electrons. The van der Waals surface area contributed by atoms with E-state index in [1.54, 1.807) is 4.88 Å². The fourth-order valence-electron chi connectivity index (χ4n) is 3.11. The molecule has 1 fully saturated rings. The second-order valence-electron chi connectivity index (χ2n) is 6.14. The Balaban J connectivity index is 1.94. The van der Waals surface area contributed by atoms with Crippen molar-refractivity contribution in [2.45, 2.75) is 70.9 Å². The lowest BCUT2D eigenvalue weighted by Crippen LogP contribution is -2.47. The monoisotopic (exact) mass is 264 g/mol. The van der Waals surface area contributed by atoms with E-state index in [0.29, 0.717) is 5.92 Å². The van der Waals surface area contributed by atoms with Gasteiger partial charge < -0.3 is 5.32 Å². The second kappa shape index (κ2) is 4.61. The van der Waals surface area contributed by atoms with Crippen molar-refractivity contribution in [1.29, 1.82) is 0 Å². The summed E-state index contributed by atoms with van der Waals surface area (Å²) in [4.78, 5) is 6.55. The molecule has 1 atom stereocenters. The number of fused-ring (bicyclic) bond motifs is 1. The first-order valence-corrected chi connectivity index (χ1v) is 8.24. The minimum atomic E-state index is 0.121. The van der Waals surface area contributed by atoms with Crippen LogP contribution < -0.4 is 5.32 Å². The van der Waals surface area contributed by atoms with Gasteiger partial charge in [0.2, 0.25) is 0 Å². The largest absolute Gasteiger partial charge is 0.302 e. The molecule has 0 spiro atoms. The highest BCUT2D eigenvalue weighted by Crippen LogP contribution is 2.41. The van der Waals surface area contributed by atoms with E-state index in [-0.39, 0.29) is 5.54 Å². The molecule has 3 heteroatoms. The van der Waals surface area contributed by atoms with E-state index in [2.05, 4.69) is 26.1 Å². The topological polar surface area (TPSA) is 24.9 Å². The predicted molar refractivity (Wildman–Crippen MR) is 77.1 cm³/mol. The van der Waals surface area contributed by atoms with Gasteiger partial charge in [0, 0.05) is 10.9 Å². The van der Waals surface area contributed by atoms with Gasteiger partial charge in [0.05, 0.1) is 11.2 Å². The maximum Gasteiger partial charge on any atom is 0.114 e. The van der Waals surface area contributed by atoms with Crippen LogP contribution in [0, 0.1) is 5.92 Å². The van der Waals surface area contributed by atoms with Gasteiger partial charge in [-0.15, -0.1) is 11.3 Å². The predicted octanol–water partition coefficient (Wildman–Crippen LogP) is 3.65. The zero-order valence-corrected chi connectivity index (χ0v) is 12.6. The zero-order chi connectivity index (χ0) is 12.8. The van der Waals surface area contributed by atoms with Gasteiger partial charge in [-0.1, -0.05) is 20.8 Å². The number of nitrogens with zero attached hydrogens (tertiary/aromatic N) is 1. The Morgan fingerprint density at radius 1 is 1.39 bits per heavy atom. The maximum atomic E-state index is 4.99. The number of thiazole rings is 1. The Morgan fingerprint density at radius 3 is 2.72 bits per heavy atom. The molecule has 1 saturated carbocycles. The summed E-state index contributed by atoms with van der Waals surface area (Å²) in [6.45, 7) is 6.98. The van der Waals surface area contributed by atoms with Crippen LogP contribution in [0.25, 0.3) is 0 Å². The molecule has 0 aromatic carbocycles. The van der Waals surface area contributed by atoms with Crippen LogP contribution in [0.4, 0.5) is 0 Å². The van der Waals surface area contributed by atoms with Crippen molar-refractivity contribution in [3.63, 3.8) is 0 Å². The molecule has 1 heterocycles. The molecule has 0 amide bonds. The third-order valence-corrected chi connectivity index (χ3v) is 5.89. The average Bonchev–Trinajstić information content (AvgIpc) is 2.87. The first kappa shape index (κ1) is 12.6. The van der Waals surface area contributed by atoms with Gasteiger partial charge in [-0.05, 0) is 44.4 Å². The van der Waals surface area contributed by atoms with Gasteiger partial charge in [0.15, 0.2) is 0 Å². The normalized spacial score (nSPS) is 22.2. The molecule has 2 aliphatic rings. The number of hydrogen-bond acceptors (Lipinski definition) is 3. The first-order chi connectivity index (χ1) is 8.65. The van der Waals surface area contributed by atoms with Gasteiger partial charge in [-0.25, -0.2) is 4.98 Å². The second-order valence-corrected chi connectivity index (χ2v) is 7.22. The van der Waals surface area contributed by atoms with Crippen molar-refractivity contribution in [3.8, 4) is 0 Å². The molecule has 2 nitrogen and oxygen atoms in total. The summed E-state index contributed by atoms with van der Waals surface area (Å²) in [7, 11) is 0. The van der Waals surface area contributed by atoms with E-state index in [9.17, 15) is 0 Å². The maximum absolute atomic E-state index is 4.99. The van der Waals surface area contributed by atoms with Crippen LogP contribution in [-0.4, -0.2) is 11.0 Å². The molecule has 1 aromatic heterocycles. The van der Waals surface area contributed by atoms with Crippen LogP contribution in [0.3, 0.4) is 0 Å². The fourth-order valence-corrected chi connectivity index (χ4v) is 4.63. The summed E-state index contributed by atoms with van der Waals surface area (Å²) >= 11 is 1.98. The summed E-state index contributed by atoms with van der Waals surface area (Å²) < 4.78 is 0. The van der Waals surface area contributed by atoms with Crippen molar-refractivity contribution < 1.29 is 0 Å². The lowest BCUT2D eigenvalue weighted by Gasteiger charge is -2.36. The molecule has 100 valence electrons. The van der Waals surface area contributed by atoms with Gasteiger partial charge in [-0.2, -0.15) is 0 Å². The molecule has 0 aliphatic heterocycles. The van der Waals surface area contributed by atoms with Gasteiger partial charge >= 0.3 is 0 Å². The highest BCUT2D eigenvalue weighted by Gasteiger charge is 2.41. The molecular formula is C15H24N2S. The molecule has 0 bridgehead atoms. The summed E-state index contributed by atoms with van der Waals surface area (Å²) in [5, 5.41) is 5.26. The van der Waals surface area contributed by atoms with Crippen molar-refractivity contribution in [2.75, 3.05) is 0 Å². The molecule has 1 N–H and O–H groups in total. The number of aryl methyl sites for hydroxylation is 2. The summed E-state index contributed by atoms with van der Waals surface area (Å²) in [6, 6.07) is 0.742. The smallest absolute Gasteiger partial charge is 0.114 e. The third-order valence-electron chi connectivity index (χ3n) is 4.56. The Bertz CT molecular complexity index is 412. The van der Waals surface area contributed by atoms with E-state index in [0.717, 1.165) is 12.5 Å². The van der Waals surface area contributed by atoms with Crippen LogP contribution in [0.2, 0.25) is 0 Å². The van der Waals surface area contributed by atoms with Crippen molar-refractivity contribution >= 4 is 11.3 Å². The molecule has 1 aromatic rings. The summed E-state index contributed by atoms with van der Waals surface area (Å²) in [5.41, 5.74) is 1.52. The average molecular weight is 264 g/mol. The first-order valence-electron chi connectivity index (χ1n) is 7.42. The fraction of sp³-hybridized carbons (Fsp3) is 0.800. The molecular weight excluding hydrogens is 240 g/mol. The number of rotatable bonds is 5. The van der Waals surface area contributed by atoms with Crippen molar-refractivity contribution in [2.24, 2.45) is 5.92 Å². The minimum absolute atomic E-state index is 0.121. The quantitative estimate of drug-likeness (QED) is 0.878. The minimum Gasteiger partial charge on any atom is -0.302 e. The Labute approximate surface area is 114 Å². The van der Waals surface area contributed by atoms with Crippen LogP contribution in [0.5, 0.6) is 0 Å². The summed E-state index contributed by atoms with van der Waals surface area (Å²) in [5.74, 6) is 0.606. The standard InChI is InChI=1S/C15H24N2S/c1-4-15(10(2)3,17-11-8-9-11)14-16-12-6-5-7-13(12)18-14/h10-11,17H,4-9H2,1-3H3. The molecule has 18 heavy (non-hydrogen) atoms. The zero-order valence-electron chi connectivity index (χ0n) is 11.8. The molecule has 3 rings (SSSR count). The van der Waals surface area contributed by atoms with Gasteiger partial charge in [0.25, 0.3) is 0 Å². The Morgan fingerprint density at radius 2 is 2.17 bits per heavy atom. The van der Waals surface area contributed by atoms with Crippen molar-refractivity contribution in [3.05, 3.63) is 15.6 Å². The van der Waals surface area contributed by atoms with E-state index < -0.39 is 0 Å². The number of nitrogens with one attached hydrogen (secondary N) is 1. The number of hydrogen-bond donors (Lipinski definition) is 1. The van der Waals surface area contributed by atoms with Crippen LogP contribution in [-0.2, 0) is 18.4 Å². The molecule has 2 aliphatic carbocycles. The highest BCUT2D eigenvalue weighted by atomic mass is 32.1. The van der Waals surface area contributed by atoms with Gasteiger partial charge in [0.1, 0.15) is 5.01 Å². The van der Waals surface area contributed by atoms with Crippen LogP contribution >= 0.6 is 11.3 Å². The lowest BCUT2D eigenvalue weighted by atomic mass is 9.84. The highest BCUT2D eigenvalue weighted by molar-refractivity contribution is 7.12. The van der Waals surface area contributed by atoms with E-state index in [1.807, 2.05) is 11.3 Å². The lowest BCUT2D eigenvalue weighted by molar-refractivity contribution is 0.224. The van der Waals surface area contributed by atoms with E-state index in [4.69, 9.17) is 4.98 Å². The van der Waals surface area contributed by atoms with Crippen LogP contribution in [0.1, 0.15) is 62.0 Å². The van der Waals surface area contributed by atoms with Crippen LogP contribution in [0.15, 0.2) is 0 Å². The SMILES string of the molecule is CCC(NC1CC1)(c1nc2c(s1)CCC2)C(C)C. The number of aromatic nitrogens is 1. The van der Waals surface area contributed by atoms with E-state index >= 15 is 0 Å². The Kier molecular flexibility index (Phi) is 3.23. The molecule has 1 unspecified atom stereocenters.